The van der Waals surface area contributed by atoms with Crippen molar-refractivity contribution >= 4 is 0 Å². The summed E-state index contributed by atoms with van der Waals surface area (Å²) in [4.78, 5) is 0. The van der Waals surface area contributed by atoms with Crippen molar-refractivity contribution in [3.8, 4) is 11.5 Å². The van der Waals surface area contributed by atoms with Crippen molar-refractivity contribution in [2.24, 2.45) is 17.3 Å². The van der Waals surface area contributed by atoms with Gasteiger partial charge in [-0.15, -0.1) is 5.10 Å². The standard InChI is InChI=1S/C38H53N5O4/c1-36(2)19-26(20-37(3,4)43(36)46)39-22-27-23-42(41-40-27)16-17-47-29-10-6-24(7-11-29)32-21-38(5)33(14-15-34(38)45)31-12-8-25-18-28(44)9-13-30(25)35(31)32/h6-7,9-11,13,18,23,26,31-35,39,44-46H,8,12,14-17,19-22H2,1-5H3/t31?,32-,33?,34+,35?,38+/m1/s1. The first-order valence-electron chi connectivity index (χ1n) is 17.7. The molecule has 3 unspecified atom stereocenters. The number of phenols is 1. The fourth-order valence-electron chi connectivity index (χ4n) is 10.3. The van der Waals surface area contributed by atoms with Gasteiger partial charge in [0.1, 0.15) is 18.1 Å². The number of nitrogens with one attached hydrogen (secondary N) is 1. The molecule has 4 aliphatic rings. The van der Waals surface area contributed by atoms with E-state index in [1.165, 1.54) is 21.8 Å². The van der Waals surface area contributed by atoms with Gasteiger partial charge in [-0.3, -0.25) is 0 Å². The minimum Gasteiger partial charge on any atom is -0.508 e. The quantitative estimate of drug-likeness (QED) is 0.230. The van der Waals surface area contributed by atoms with Crippen molar-refractivity contribution in [1.82, 2.24) is 25.4 Å². The average Bonchev–Trinajstić information content (AvgIpc) is 3.61. The number of fused-ring (bicyclic) bond motifs is 5. The molecule has 2 saturated carbocycles. The lowest BCUT2D eigenvalue weighted by Crippen LogP contribution is -2.62. The van der Waals surface area contributed by atoms with Gasteiger partial charge in [0.15, 0.2) is 0 Å². The smallest absolute Gasteiger partial charge is 0.119 e. The predicted octanol–water partition coefficient (Wildman–Crippen LogP) is 6.17. The lowest BCUT2D eigenvalue weighted by molar-refractivity contribution is -0.246. The molecule has 254 valence electrons. The van der Waals surface area contributed by atoms with Crippen LogP contribution in [-0.4, -0.2) is 65.3 Å². The van der Waals surface area contributed by atoms with Crippen LogP contribution in [0.5, 0.6) is 11.5 Å². The first-order valence-corrected chi connectivity index (χ1v) is 17.7. The average molecular weight is 644 g/mol. The van der Waals surface area contributed by atoms with E-state index in [0.29, 0.717) is 49.1 Å². The van der Waals surface area contributed by atoms with Gasteiger partial charge in [-0.1, -0.05) is 30.3 Å². The SMILES string of the molecule is CC1(C)CC(NCc2cn(CCOc3ccc([C@H]4C[C@@]5(C)C(CC[C@@H]5O)C5CCc6cc(O)ccc6C54)cc3)nn2)CC(C)(C)N1O. The van der Waals surface area contributed by atoms with Crippen molar-refractivity contribution in [3.63, 3.8) is 0 Å². The van der Waals surface area contributed by atoms with Gasteiger partial charge in [0.2, 0.25) is 0 Å². The zero-order valence-corrected chi connectivity index (χ0v) is 28.7. The van der Waals surface area contributed by atoms with Crippen molar-refractivity contribution < 1.29 is 20.2 Å². The summed E-state index contributed by atoms with van der Waals surface area (Å²) in [5.74, 6) is 2.97. The van der Waals surface area contributed by atoms with E-state index >= 15 is 0 Å². The van der Waals surface area contributed by atoms with Crippen molar-refractivity contribution in [1.29, 1.82) is 0 Å². The maximum Gasteiger partial charge on any atom is 0.119 e. The van der Waals surface area contributed by atoms with Crippen LogP contribution in [0.4, 0.5) is 0 Å². The zero-order valence-electron chi connectivity index (χ0n) is 28.7. The van der Waals surface area contributed by atoms with Crippen LogP contribution < -0.4 is 10.1 Å². The molecule has 47 heavy (non-hydrogen) atoms. The van der Waals surface area contributed by atoms with Crippen LogP contribution in [0.15, 0.2) is 48.7 Å². The third-order valence-corrected chi connectivity index (χ3v) is 12.4. The molecule has 7 rings (SSSR count). The third-order valence-electron chi connectivity index (χ3n) is 12.4. The highest BCUT2D eigenvalue weighted by Crippen LogP contribution is 2.65. The fourth-order valence-corrected chi connectivity index (χ4v) is 10.3. The van der Waals surface area contributed by atoms with E-state index in [1.807, 2.05) is 23.0 Å². The molecule has 3 fully saturated rings. The first-order chi connectivity index (χ1) is 22.3. The second-order valence-corrected chi connectivity index (χ2v) is 16.4. The molecule has 4 N–H and O–H groups in total. The summed E-state index contributed by atoms with van der Waals surface area (Å²) in [6, 6.07) is 14.9. The highest BCUT2D eigenvalue weighted by molar-refractivity contribution is 5.43. The highest BCUT2D eigenvalue weighted by atomic mass is 16.5. The molecular weight excluding hydrogens is 590 g/mol. The monoisotopic (exact) mass is 643 g/mol. The van der Waals surface area contributed by atoms with Crippen LogP contribution in [0.3, 0.4) is 0 Å². The Kier molecular flexibility index (Phi) is 8.43. The number of benzene rings is 2. The number of aryl methyl sites for hydroxylation is 1. The topological polar surface area (TPSA) is 116 Å². The Morgan fingerprint density at radius 3 is 2.45 bits per heavy atom. The van der Waals surface area contributed by atoms with Crippen LogP contribution in [0, 0.1) is 17.3 Å². The van der Waals surface area contributed by atoms with Gasteiger partial charge in [-0.05, 0) is 143 Å². The number of aliphatic hydroxyl groups is 1. The molecule has 3 aliphatic carbocycles. The van der Waals surface area contributed by atoms with Crippen molar-refractivity contribution in [2.45, 2.75) is 128 Å². The van der Waals surface area contributed by atoms with Crippen molar-refractivity contribution in [2.75, 3.05) is 6.61 Å². The molecule has 9 heteroatoms. The van der Waals surface area contributed by atoms with Crippen molar-refractivity contribution in [3.05, 3.63) is 71.0 Å². The number of phenolic OH excluding ortho intramolecular Hbond substituents is 1. The number of aromatic hydroxyl groups is 1. The molecule has 3 aromatic rings. The van der Waals surface area contributed by atoms with E-state index in [-0.39, 0.29) is 28.6 Å². The number of aliphatic hydroxyl groups excluding tert-OH is 1. The Hall–Kier alpha value is -2.98. The third kappa shape index (κ3) is 6.09. The molecule has 0 amide bonds. The second kappa shape index (κ2) is 12.2. The van der Waals surface area contributed by atoms with E-state index in [9.17, 15) is 15.4 Å². The molecule has 0 radical (unpaired) electrons. The molecule has 1 saturated heterocycles. The number of aromatic nitrogens is 3. The van der Waals surface area contributed by atoms with Crippen LogP contribution in [0.25, 0.3) is 0 Å². The minimum atomic E-state index is -0.294. The number of hydroxylamine groups is 2. The maximum atomic E-state index is 11.2. The van der Waals surface area contributed by atoms with E-state index in [2.05, 4.69) is 80.6 Å². The minimum absolute atomic E-state index is 0.0637. The zero-order chi connectivity index (χ0) is 33.1. The number of rotatable bonds is 8. The lowest BCUT2D eigenvalue weighted by Gasteiger charge is -2.54. The van der Waals surface area contributed by atoms with Gasteiger partial charge in [0, 0.05) is 29.9 Å². The van der Waals surface area contributed by atoms with Gasteiger partial charge in [0.05, 0.1) is 18.3 Å². The van der Waals surface area contributed by atoms with Gasteiger partial charge in [-0.25, -0.2) is 4.68 Å². The molecule has 2 heterocycles. The summed E-state index contributed by atoms with van der Waals surface area (Å²) in [5.41, 5.74) is 4.21. The second-order valence-electron chi connectivity index (χ2n) is 16.4. The summed E-state index contributed by atoms with van der Waals surface area (Å²) in [6.45, 7) is 12.4. The van der Waals surface area contributed by atoms with Crippen LogP contribution in [0.2, 0.25) is 0 Å². The number of nitrogens with zero attached hydrogens (tertiary/aromatic N) is 4. The van der Waals surface area contributed by atoms with Gasteiger partial charge in [-0.2, -0.15) is 5.06 Å². The fraction of sp³-hybridized carbons (Fsp3) is 0.632. The lowest BCUT2D eigenvalue weighted by atomic mass is 9.51. The summed E-state index contributed by atoms with van der Waals surface area (Å²) in [6.07, 6.45) is 8.54. The normalized spacial score (nSPS) is 31.6. The Balaban J connectivity index is 0.975. The van der Waals surface area contributed by atoms with E-state index in [1.54, 1.807) is 0 Å². The molecule has 2 aromatic carbocycles. The number of hydrogen-bond donors (Lipinski definition) is 4. The largest absolute Gasteiger partial charge is 0.508 e. The van der Waals surface area contributed by atoms with Gasteiger partial charge < -0.3 is 25.5 Å². The molecule has 1 aliphatic heterocycles. The molecule has 1 aromatic heterocycles. The van der Waals surface area contributed by atoms with Gasteiger partial charge >= 0.3 is 0 Å². The summed E-state index contributed by atoms with van der Waals surface area (Å²) in [7, 11) is 0. The molecular formula is C38H53N5O4. The Bertz CT molecular complexity index is 1550. The molecule has 6 atom stereocenters. The Morgan fingerprint density at radius 2 is 1.70 bits per heavy atom. The predicted molar refractivity (Wildman–Crippen MR) is 180 cm³/mol. The Morgan fingerprint density at radius 1 is 0.957 bits per heavy atom. The van der Waals surface area contributed by atoms with Gasteiger partial charge in [0.25, 0.3) is 0 Å². The number of ether oxygens (including phenoxy) is 1. The number of hydrogen-bond acceptors (Lipinski definition) is 8. The van der Waals surface area contributed by atoms with Crippen LogP contribution >= 0.6 is 0 Å². The maximum absolute atomic E-state index is 11.2. The van der Waals surface area contributed by atoms with Crippen LogP contribution in [0.1, 0.15) is 107 Å². The highest BCUT2D eigenvalue weighted by Gasteiger charge is 2.57. The number of piperidine rings is 1. The van der Waals surface area contributed by atoms with E-state index in [0.717, 1.165) is 56.4 Å². The van der Waals surface area contributed by atoms with Crippen LogP contribution in [-0.2, 0) is 19.5 Å². The summed E-state index contributed by atoms with van der Waals surface area (Å²) >= 11 is 0. The van der Waals surface area contributed by atoms with E-state index in [4.69, 9.17) is 4.74 Å². The van der Waals surface area contributed by atoms with E-state index < -0.39 is 0 Å². The first kappa shape index (κ1) is 32.6. The molecule has 9 nitrogen and oxygen atoms in total. The summed E-state index contributed by atoms with van der Waals surface area (Å²) in [5, 5.41) is 45.8. The molecule has 0 bridgehead atoms. The summed E-state index contributed by atoms with van der Waals surface area (Å²) < 4.78 is 7.99. The Labute approximate surface area is 279 Å². The molecule has 0 spiro atoms.